The zero-order valence-electron chi connectivity index (χ0n) is 11.5. The Hall–Kier alpha value is -2.54. The average molecular weight is 324 g/mol. The maximum Gasteiger partial charge on any atom is 0.356 e. The Morgan fingerprint density at radius 2 is 2.00 bits per heavy atom. The molecule has 0 aliphatic carbocycles. The lowest BCUT2D eigenvalue weighted by Crippen LogP contribution is -2.28. The summed E-state index contributed by atoms with van der Waals surface area (Å²) in [6.07, 6.45) is 6.49. The van der Waals surface area contributed by atoms with Gasteiger partial charge in [0.1, 0.15) is 11.6 Å². The Balaban J connectivity index is 2.32. The van der Waals surface area contributed by atoms with Gasteiger partial charge >= 0.3 is 11.4 Å². The van der Waals surface area contributed by atoms with Crippen LogP contribution in [0.2, 0.25) is 5.02 Å². The van der Waals surface area contributed by atoms with Crippen LogP contribution in [0.15, 0.2) is 39.9 Å². The molecule has 0 fully saturated rings. The number of methoxy groups -OCH3 is 1. The van der Waals surface area contributed by atoms with Crippen molar-refractivity contribution in [3.05, 3.63) is 62.2 Å². The maximum absolute atomic E-state index is 14.2. The number of hydrogen-bond donors (Lipinski definition) is 0. The molecule has 114 valence electrons. The van der Waals surface area contributed by atoms with E-state index in [0.717, 1.165) is 15.3 Å². The van der Waals surface area contributed by atoms with Gasteiger partial charge in [0.2, 0.25) is 0 Å². The molecule has 0 unspecified atom stereocenters. The summed E-state index contributed by atoms with van der Waals surface area (Å²) in [5, 5.41) is 0.0560. The minimum atomic E-state index is -0.786. The van der Waals surface area contributed by atoms with Crippen molar-refractivity contribution in [1.29, 1.82) is 0 Å². The van der Waals surface area contributed by atoms with E-state index in [0.29, 0.717) is 0 Å². The molecule has 2 heterocycles. The van der Waals surface area contributed by atoms with E-state index in [9.17, 15) is 14.0 Å². The van der Waals surface area contributed by atoms with Crippen LogP contribution in [-0.4, -0.2) is 21.0 Å². The van der Waals surface area contributed by atoms with Crippen LogP contribution in [0, 0.1) is 5.82 Å². The Morgan fingerprint density at radius 1 is 1.23 bits per heavy atom. The first-order valence-corrected chi connectivity index (χ1v) is 6.73. The summed E-state index contributed by atoms with van der Waals surface area (Å²) in [6.45, 7) is 0.209. The van der Waals surface area contributed by atoms with Gasteiger partial charge in [-0.25, -0.2) is 27.9 Å². The zero-order chi connectivity index (χ0) is 15.9. The zero-order valence-corrected chi connectivity index (χ0v) is 12.2. The van der Waals surface area contributed by atoms with Gasteiger partial charge < -0.3 is 4.74 Å². The summed E-state index contributed by atoms with van der Waals surface area (Å²) < 4.78 is 22.3. The van der Waals surface area contributed by atoms with Gasteiger partial charge in [0, 0.05) is 12.3 Å². The number of nitrogens with zero attached hydrogens (tertiary/aromatic N) is 3. The molecule has 0 saturated carbocycles. The minimum absolute atomic E-state index is 0.0560. The minimum Gasteiger partial charge on any atom is -0.495 e. The van der Waals surface area contributed by atoms with Crippen molar-refractivity contribution in [2.24, 2.45) is 0 Å². The number of allylic oxidation sites excluding steroid dienone is 3. The molecular weight excluding hydrogens is 313 g/mol. The second kappa shape index (κ2) is 5.34. The fourth-order valence-corrected chi connectivity index (χ4v) is 2.46. The van der Waals surface area contributed by atoms with Gasteiger partial charge in [-0.3, -0.25) is 0 Å². The normalized spacial score (nSPS) is 13.0. The molecule has 6 nitrogen and oxygen atoms in total. The van der Waals surface area contributed by atoms with Gasteiger partial charge in [-0.05, 0) is 12.1 Å². The average Bonchev–Trinajstić information content (AvgIpc) is 2.68. The molecule has 0 amide bonds. The molecular formula is C14H11ClFN3O3. The van der Waals surface area contributed by atoms with Gasteiger partial charge in [-0.1, -0.05) is 23.8 Å². The van der Waals surface area contributed by atoms with Crippen molar-refractivity contribution < 1.29 is 9.13 Å². The molecule has 0 radical (unpaired) electrons. The van der Waals surface area contributed by atoms with Crippen molar-refractivity contribution in [3.8, 4) is 11.4 Å². The van der Waals surface area contributed by atoms with Crippen molar-refractivity contribution in [3.63, 3.8) is 0 Å². The van der Waals surface area contributed by atoms with Crippen LogP contribution in [0.1, 0.15) is 0 Å². The lowest BCUT2D eigenvalue weighted by molar-refractivity contribution is 0.413. The lowest BCUT2D eigenvalue weighted by Gasteiger charge is -2.07. The van der Waals surface area contributed by atoms with Crippen LogP contribution < -0.4 is 16.1 Å². The molecule has 0 atom stereocenters. The van der Waals surface area contributed by atoms with E-state index in [2.05, 4.69) is 0 Å². The van der Waals surface area contributed by atoms with Crippen LogP contribution >= 0.6 is 11.6 Å². The van der Waals surface area contributed by atoms with Gasteiger partial charge in [-0.2, -0.15) is 0 Å². The predicted octanol–water partition coefficient (Wildman–Crippen LogP) is 1.64. The first-order valence-electron chi connectivity index (χ1n) is 6.35. The number of rotatable bonds is 2. The number of fused-ring (bicyclic) bond motifs is 1. The molecule has 1 aromatic carbocycles. The quantitative estimate of drug-likeness (QED) is 0.844. The monoisotopic (exact) mass is 323 g/mol. The number of halogens is 2. The smallest absolute Gasteiger partial charge is 0.356 e. The first kappa shape index (κ1) is 14.4. The van der Waals surface area contributed by atoms with Crippen LogP contribution in [0.5, 0.6) is 5.75 Å². The molecule has 8 heteroatoms. The summed E-state index contributed by atoms with van der Waals surface area (Å²) in [4.78, 5) is 24.8. The van der Waals surface area contributed by atoms with Crippen molar-refractivity contribution in [2.75, 3.05) is 7.11 Å². The summed E-state index contributed by atoms with van der Waals surface area (Å²) >= 11 is 5.83. The van der Waals surface area contributed by atoms with Crippen molar-refractivity contribution in [2.45, 2.75) is 6.54 Å². The van der Waals surface area contributed by atoms with E-state index in [1.54, 1.807) is 18.2 Å². The van der Waals surface area contributed by atoms with Gasteiger partial charge in [0.25, 0.3) is 0 Å². The second-order valence-corrected chi connectivity index (χ2v) is 4.94. The van der Waals surface area contributed by atoms with Gasteiger partial charge in [0.05, 0.1) is 24.4 Å². The molecule has 0 N–H and O–H groups in total. The largest absolute Gasteiger partial charge is 0.495 e. The van der Waals surface area contributed by atoms with E-state index < -0.39 is 17.2 Å². The molecule has 2 aromatic rings. The summed E-state index contributed by atoms with van der Waals surface area (Å²) in [6, 6.07) is 2.23. The number of aromatic nitrogens is 3. The topological polar surface area (TPSA) is 58.2 Å². The standard InChI is InChI=1S/C14H11ClFN3O3/c1-22-12-8-11(10(16)7-9(12)15)19-13(20)17-5-3-2-4-6-18(17)14(19)21/h2-5,7-8H,6H2,1H3. The summed E-state index contributed by atoms with van der Waals surface area (Å²) in [7, 11) is 1.36. The van der Waals surface area contributed by atoms with Gasteiger partial charge in [-0.15, -0.1) is 0 Å². The lowest BCUT2D eigenvalue weighted by atomic mass is 10.3. The second-order valence-electron chi connectivity index (χ2n) is 4.54. The predicted molar refractivity (Wildman–Crippen MR) is 80.3 cm³/mol. The Morgan fingerprint density at radius 3 is 2.73 bits per heavy atom. The van der Waals surface area contributed by atoms with Crippen molar-refractivity contribution >= 4 is 17.8 Å². The van der Waals surface area contributed by atoms with E-state index >= 15 is 0 Å². The number of hydrogen-bond acceptors (Lipinski definition) is 3. The molecule has 0 bridgehead atoms. The first-order chi connectivity index (χ1) is 10.5. The number of benzene rings is 1. The van der Waals surface area contributed by atoms with E-state index in [4.69, 9.17) is 16.3 Å². The molecule has 22 heavy (non-hydrogen) atoms. The Bertz CT molecular complexity index is 921. The van der Waals surface area contributed by atoms with E-state index in [-0.39, 0.29) is 23.0 Å². The van der Waals surface area contributed by atoms with Gasteiger partial charge in [0.15, 0.2) is 0 Å². The highest BCUT2D eigenvalue weighted by Gasteiger charge is 2.20. The van der Waals surface area contributed by atoms with E-state index in [1.807, 2.05) is 0 Å². The fourth-order valence-electron chi connectivity index (χ4n) is 2.23. The third-order valence-electron chi connectivity index (χ3n) is 3.27. The van der Waals surface area contributed by atoms with Crippen LogP contribution in [-0.2, 0) is 6.54 Å². The Labute approximate surface area is 128 Å². The molecule has 0 spiro atoms. The van der Waals surface area contributed by atoms with Crippen LogP contribution in [0.4, 0.5) is 4.39 Å². The molecule has 1 aromatic heterocycles. The van der Waals surface area contributed by atoms with Crippen LogP contribution in [0.25, 0.3) is 11.9 Å². The highest BCUT2D eigenvalue weighted by Crippen LogP contribution is 2.28. The Kier molecular flexibility index (Phi) is 3.50. The maximum atomic E-state index is 14.2. The molecule has 3 rings (SSSR count). The highest BCUT2D eigenvalue weighted by molar-refractivity contribution is 6.32. The third-order valence-corrected chi connectivity index (χ3v) is 3.57. The van der Waals surface area contributed by atoms with Crippen LogP contribution in [0.3, 0.4) is 0 Å². The molecule has 0 saturated heterocycles. The van der Waals surface area contributed by atoms with E-state index in [1.165, 1.54) is 24.1 Å². The SMILES string of the molecule is COc1cc(-n2c(=O)n3n(c2=O)CC=CC=C3)c(F)cc1Cl. The summed E-state index contributed by atoms with van der Waals surface area (Å²) in [5.74, 6) is -0.614. The highest BCUT2D eigenvalue weighted by atomic mass is 35.5. The molecule has 1 aliphatic rings. The number of ether oxygens (including phenoxy) is 1. The third kappa shape index (κ3) is 2.10. The fraction of sp³-hybridized carbons (Fsp3) is 0.143. The molecule has 1 aliphatic heterocycles. The van der Waals surface area contributed by atoms with Crippen molar-refractivity contribution in [1.82, 2.24) is 13.9 Å². The summed E-state index contributed by atoms with van der Waals surface area (Å²) in [5.41, 5.74) is -1.53.